The van der Waals surface area contributed by atoms with Crippen LogP contribution in [0.15, 0.2) is 72.8 Å². The number of fused-ring (bicyclic) bond motifs is 1. The average molecular weight is 540 g/mol. The highest BCUT2D eigenvalue weighted by molar-refractivity contribution is 5.66. The van der Waals surface area contributed by atoms with Crippen LogP contribution in [0.5, 0.6) is 11.5 Å². The van der Waals surface area contributed by atoms with E-state index in [0.717, 1.165) is 58.6 Å². The molecule has 0 atom stereocenters. The topological polar surface area (TPSA) is 90.5 Å². The van der Waals surface area contributed by atoms with Gasteiger partial charge < -0.3 is 20.1 Å². The summed E-state index contributed by atoms with van der Waals surface area (Å²) in [5.74, 6) is 2.13. The van der Waals surface area contributed by atoms with E-state index in [1.807, 2.05) is 96.0 Å². The number of rotatable bonds is 14. The lowest BCUT2D eigenvalue weighted by Crippen LogP contribution is -2.22. The third kappa shape index (κ3) is 6.98. The highest BCUT2D eigenvalue weighted by Gasteiger charge is 2.11. The second-order valence-electron chi connectivity index (χ2n) is 9.79. The van der Waals surface area contributed by atoms with E-state index in [2.05, 4.69) is 27.6 Å². The number of hydrogen-bond donors (Lipinski definition) is 2. The van der Waals surface area contributed by atoms with Gasteiger partial charge in [0.15, 0.2) is 5.65 Å². The van der Waals surface area contributed by atoms with Gasteiger partial charge in [-0.1, -0.05) is 38.0 Å². The fourth-order valence-electron chi connectivity index (χ4n) is 4.41. The minimum absolute atomic E-state index is 0.409. The Kier molecular flexibility index (Phi) is 8.93. The molecule has 2 N–H and O–H groups in total. The second kappa shape index (κ2) is 13.1. The Hall–Kier alpha value is -4.37. The SMILES string of the molecule is CCCCCNCCOc1ccc(Nc2nc3cccc(-c4cccc(OCc5cc(C)n(C)n5)c4)n3n2)cc1. The van der Waals surface area contributed by atoms with Crippen molar-refractivity contribution in [2.75, 3.05) is 25.0 Å². The lowest BCUT2D eigenvalue weighted by atomic mass is 10.1. The first-order chi connectivity index (χ1) is 19.6. The zero-order valence-corrected chi connectivity index (χ0v) is 23.4. The van der Waals surface area contributed by atoms with Crippen molar-refractivity contribution in [1.82, 2.24) is 29.7 Å². The smallest absolute Gasteiger partial charge is 0.247 e. The Morgan fingerprint density at radius 1 is 0.850 bits per heavy atom. The zero-order valence-electron chi connectivity index (χ0n) is 23.4. The molecule has 5 aromatic rings. The van der Waals surface area contributed by atoms with Gasteiger partial charge in [0.25, 0.3) is 0 Å². The largest absolute Gasteiger partial charge is 0.492 e. The molecule has 0 unspecified atom stereocenters. The van der Waals surface area contributed by atoms with Gasteiger partial charge in [-0.15, -0.1) is 5.10 Å². The van der Waals surface area contributed by atoms with Crippen LogP contribution in [-0.2, 0) is 13.7 Å². The van der Waals surface area contributed by atoms with Crippen molar-refractivity contribution in [3.05, 3.63) is 84.2 Å². The molecule has 0 bridgehead atoms. The van der Waals surface area contributed by atoms with Crippen LogP contribution >= 0.6 is 0 Å². The maximum Gasteiger partial charge on any atom is 0.247 e. The number of pyridine rings is 1. The minimum Gasteiger partial charge on any atom is -0.492 e. The van der Waals surface area contributed by atoms with E-state index >= 15 is 0 Å². The van der Waals surface area contributed by atoms with Crippen molar-refractivity contribution in [2.24, 2.45) is 7.05 Å². The molecule has 0 aliphatic carbocycles. The number of anilines is 2. The molecule has 0 radical (unpaired) electrons. The summed E-state index contributed by atoms with van der Waals surface area (Å²) < 4.78 is 15.6. The number of nitrogens with zero attached hydrogens (tertiary/aromatic N) is 5. The number of ether oxygens (including phenoxy) is 2. The maximum atomic E-state index is 6.03. The fraction of sp³-hybridized carbons (Fsp3) is 0.323. The van der Waals surface area contributed by atoms with Gasteiger partial charge in [0.2, 0.25) is 5.95 Å². The number of aromatic nitrogens is 5. The highest BCUT2D eigenvalue weighted by atomic mass is 16.5. The first-order valence-electron chi connectivity index (χ1n) is 13.9. The lowest BCUT2D eigenvalue weighted by Gasteiger charge is -2.09. The molecular weight excluding hydrogens is 502 g/mol. The summed E-state index contributed by atoms with van der Waals surface area (Å²) in [5.41, 5.74) is 5.54. The van der Waals surface area contributed by atoms with Crippen LogP contribution in [0.25, 0.3) is 16.9 Å². The summed E-state index contributed by atoms with van der Waals surface area (Å²) in [6.07, 6.45) is 3.71. The van der Waals surface area contributed by atoms with E-state index in [4.69, 9.17) is 14.6 Å². The number of hydrogen-bond acceptors (Lipinski definition) is 7. The van der Waals surface area contributed by atoms with E-state index in [0.29, 0.717) is 19.2 Å². The Morgan fingerprint density at radius 2 is 1.70 bits per heavy atom. The van der Waals surface area contributed by atoms with Crippen molar-refractivity contribution < 1.29 is 9.47 Å². The lowest BCUT2D eigenvalue weighted by molar-refractivity contribution is 0.300. The van der Waals surface area contributed by atoms with Crippen LogP contribution in [0.2, 0.25) is 0 Å². The molecule has 0 spiro atoms. The molecule has 40 heavy (non-hydrogen) atoms. The second-order valence-corrected chi connectivity index (χ2v) is 9.79. The predicted octanol–water partition coefficient (Wildman–Crippen LogP) is 5.92. The molecule has 9 nitrogen and oxygen atoms in total. The summed E-state index contributed by atoms with van der Waals surface area (Å²) >= 11 is 0. The van der Waals surface area contributed by atoms with Crippen molar-refractivity contribution in [3.63, 3.8) is 0 Å². The van der Waals surface area contributed by atoms with Crippen LogP contribution in [0.4, 0.5) is 11.6 Å². The number of nitrogens with one attached hydrogen (secondary N) is 2. The molecular formula is C31H37N7O2. The van der Waals surface area contributed by atoms with Crippen LogP contribution in [-0.4, -0.2) is 44.1 Å². The van der Waals surface area contributed by atoms with E-state index in [-0.39, 0.29) is 0 Å². The van der Waals surface area contributed by atoms with Crippen LogP contribution < -0.4 is 20.1 Å². The molecule has 3 heterocycles. The van der Waals surface area contributed by atoms with Gasteiger partial charge in [-0.2, -0.15) is 10.1 Å². The van der Waals surface area contributed by atoms with Gasteiger partial charge in [0.1, 0.15) is 30.4 Å². The molecule has 0 aliphatic rings. The number of unbranched alkanes of at least 4 members (excludes halogenated alkanes) is 2. The highest BCUT2D eigenvalue weighted by Crippen LogP contribution is 2.26. The van der Waals surface area contributed by atoms with Crippen molar-refractivity contribution in [3.8, 4) is 22.8 Å². The molecule has 0 amide bonds. The van der Waals surface area contributed by atoms with Crippen molar-refractivity contribution in [1.29, 1.82) is 0 Å². The van der Waals surface area contributed by atoms with E-state index in [1.165, 1.54) is 19.3 Å². The molecule has 0 fully saturated rings. The third-order valence-corrected chi connectivity index (χ3v) is 6.66. The molecule has 0 aliphatic heterocycles. The summed E-state index contributed by atoms with van der Waals surface area (Å²) in [7, 11) is 1.93. The van der Waals surface area contributed by atoms with Crippen LogP contribution in [0.1, 0.15) is 37.6 Å². The van der Waals surface area contributed by atoms with Gasteiger partial charge in [-0.3, -0.25) is 4.68 Å². The predicted molar refractivity (Wildman–Crippen MR) is 158 cm³/mol. The molecule has 0 saturated heterocycles. The average Bonchev–Trinajstić information content (AvgIpc) is 3.53. The molecule has 9 heteroatoms. The summed E-state index contributed by atoms with van der Waals surface area (Å²) in [4.78, 5) is 4.68. The fourth-order valence-corrected chi connectivity index (χ4v) is 4.41. The molecule has 5 rings (SSSR count). The molecule has 3 aromatic heterocycles. The Morgan fingerprint density at radius 3 is 2.50 bits per heavy atom. The Bertz CT molecular complexity index is 1510. The van der Waals surface area contributed by atoms with Crippen molar-refractivity contribution in [2.45, 2.75) is 39.7 Å². The minimum atomic E-state index is 0.409. The maximum absolute atomic E-state index is 6.03. The van der Waals surface area contributed by atoms with E-state index in [9.17, 15) is 0 Å². The van der Waals surface area contributed by atoms with Crippen LogP contribution in [0, 0.1) is 6.92 Å². The van der Waals surface area contributed by atoms with Gasteiger partial charge in [-0.25, -0.2) is 4.52 Å². The van der Waals surface area contributed by atoms with E-state index in [1.54, 1.807) is 0 Å². The first kappa shape index (κ1) is 27.2. The van der Waals surface area contributed by atoms with E-state index < -0.39 is 0 Å². The van der Waals surface area contributed by atoms with Gasteiger partial charge in [0.05, 0.1) is 5.69 Å². The molecule has 208 valence electrons. The monoisotopic (exact) mass is 539 g/mol. The van der Waals surface area contributed by atoms with Crippen molar-refractivity contribution >= 4 is 17.3 Å². The third-order valence-electron chi connectivity index (χ3n) is 6.66. The van der Waals surface area contributed by atoms with Crippen LogP contribution in [0.3, 0.4) is 0 Å². The number of benzene rings is 2. The zero-order chi connectivity index (χ0) is 27.7. The normalized spacial score (nSPS) is 11.2. The van der Waals surface area contributed by atoms with Gasteiger partial charge >= 0.3 is 0 Å². The van der Waals surface area contributed by atoms with Gasteiger partial charge in [0, 0.05) is 30.5 Å². The molecule has 0 saturated carbocycles. The van der Waals surface area contributed by atoms with Gasteiger partial charge in [-0.05, 0) is 74.5 Å². The first-order valence-corrected chi connectivity index (χ1v) is 13.9. The Labute approximate surface area is 235 Å². The summed E-state index contributed by atoms with van der Waals surface area (Å²) in [5, 5.41) is 15.9. The Balaban J connectivity index is 1.21. The summed E-state index contributed by atoms with van der Waals surface area (Å²) in [6, 6.07) is 23.8. The number of aryl methyl sites for hydroxylation is 2. The standard InChI is InChI=1S/C31H37N7O2/c1-4-5-6-17-32-18-19-39-27-15-13-25(14-16-27)33-31-34-30-12-8-11-29(38(30)36-31)24-9-7-10-28(21-24)40-22-26-20-23(2)37(3)35-26/h7-16,20-21,32H,4-6,17-19,22H2,1-3H3,(H,33,36). The molecule has 2 aromatic carbocycles. The summed E-state index contributed by atoms with van der Waals surface area (Å²) in [6.45, 7) is 7.18. The quantitative estimate of drug-likeness (QED) is 0.169.